The number of hydrogen-bond acceptors (Lipinski definition) is 3. The molecule has 1 aromatic rings. The Labute approximate surface area is 111 Å². The highest BCUT2D eigenvalue weighted by Gasteiger charge is 2.17. The number of nitrogen functional groups attached to an aromatic ring is 1. The van der Waals surface area contributed by atoms with Gasteiger partial charge in [-0.3, -0.25) is 0 Å². The molecule has 0 aliphatic carbocycles. The molecule has 0 aliphatic heterocycles. The van der Waals surface area contributed by atoms with Crippen molar-refractivity contribution in [2.45, 2.75) is 53.4 Å². The number of rotatable bonds is 7. The highest BCUT2D eigenvalue weighted by molar-refractivity contribution is 5.49. The van der Waals surface area contributed by atoms with Gasteiger partial charge in [0.25, 0.3) is 0 Å². The van der Waals surface area contributed by atoms with Crippen molar-refractivity contribution in [1.82, 2.24) is 4.98 Å². The van der Waals surface area contributed by atoms with E-state index in [1.54, 1.807) is 0 Å². The van der Waals surface area contributed by atoms with Crippen LogP contribution in [-0.2, 0) is 0 Å². The summed E-state index contributed by atoms with van der Waals surface area (Å²) in [5.74, 6) is 0.922. The minimum absolute atomic E-state index is 0.312. The molecule has 0 aromatic carbocycles. The third kappa shape index (κ3) is 4.94. The van der Waals surface area contributed by atoms with Crippen LogP contribution in [0.4, 0.5) is 11.5 Å². The zero-order chi connectivity index (χ0) is 13.6. The van der Waals surface area contributed by atoms with Crippen LogP contribution in [0.3, 0.4) is 0 Å². The molecule has 3 heteroatoms. The molecule has 0 amide bonds. The minimum Gasteiger partial charge on any atom is -0.397 e. The molecule has 0 radical (unpaired) electrons. The lowest BCUT2D eigenvalue weighted by Gasteiger charge is -2.25. The number of pyridine rings is 1. The van der Waals surface area contributed by atoms with Crippen LogP contribution in [-0.4, -0.2) is 11.5 Å². The summed E-state index contributed by atoms with van der Waals surface area (Å²) in [6.45, 7) is 9.74. The summed E-state index contributed by atoms with van der Waals surface area (Å²) in [4.78, 5) is 4.44. The molecule has 1 heterocycles. The van der Waals surface area contributed by atoms with Gasteiger partial charge in [0.1, 0.15) is 5.82 Å². The monoisotopic (exact) mass is 249 g/mol. The topological polar surface area (TPSA) is 50.9 Å². The Morgan fingerprint density at radius 1 is 1.28 bits per heavy atom. The van der Waals surface area contributed by atoms with Gasteiger partial charge in [0.05, 0.1) is 11.4 Å². The molecule has 0 saturated heterocycles. The fourth-order valence-corrected chi connectivity index (χ4v) is 1.94. The summed E-state index contributed by atoms with van der Waals surface area (Å²) in [6.07, 6.45) is 5.16. The maximum absolute atomic E-state index is 5.76. The molecule has 0 unspecified atom stereocenters. The third-order valence-corrected chi connectivity index (χ3v) is 3.33. The van der Waals surface area contributed by atoms with E-state index in [0.717, 1.165) is 23.7 Å². The maximum Gasteiger partial charge on any atom is 0.126 e. The number of aryl methyl sites for hydroxylation is 1. The Morgan fingerprint density at radius 3 is 2.61 bits per heavy atom. The fraction of sp³-hybridized carbons (Fsp3) is 0.667. The molecule has 0 atom stereocenters. The highest BCUT2D eigenvalue weighted by atomic mass is 15.0. The van der Waals surface area contributed by atoms with Crippen LogP contribution in [0.15, 0.2) is 12.1 Å². The second-order valence-electron chi connectivity index (χ2n) is 5.85. The normalized spacial score (nSPS) is 11.6. The van der Waals surface area contributed by atoms with Crippen LogP contribution in [0, 0.1) is 12.3 Å². The summed E-state index contributed by atoms with van der Waals surface area (Å²) in [6, 6.07) is 3.86. The van der Waals surface area contributed by atoms with Crippen molar-refractivity contribution in [1.29, 1.82) is 0 Å². The van der Waals surface area contributed by atoms with Crippen molar-refractivity contribution in [3.05, 3.63) is 17.8 Å². The molecule has 0 spiro atoms. The number of aromatic nitrogens is 1. The first-order valence-corrected chi connectivity index (χ1v) is 6.91. The van der Waals surface area contributed by atoms with Gasteiger partial charge < -0.3 is 11.1 Å². The van der Waals surface area contributed by atoms with E-state index in [1.165, 1.54) is 25.7 Å². The van der Waals surface area contributed by atoms with Crippen molar-refractivity contribution >= 4 is 11.5 Å². The number of nitrogens with zero attached hydrogens (tertiary/aromatic N) is 1. The molecule has 3 N–H and O–H groups in total. The third-order valence-electron chi connectivity index (χ3n) is 3.33. The highest BCUT2D eigenvalue weighted by Crippen LogP contribution is 2.24. The standard InChI is InChI=1S/C15H27N3/c1-5-6-7-10-15(3,4)11-17-14-9-8-13(16)12(2)18-14/h8-9H,5-7,10-11,16H2,1-4H3,(H,17,18). The molecule has 0 fully saturated rings. The van der Waals surface area contributed by atoms with E-state index in [9.17, 15) is 0 Å². The predicted octanol–water partition coefficient (Wildman–Crippen LogP) is 3.99. The Bertz CT molecular complexity index is 372. The zero-order valence-electron chi connectivity index (χ0n) is 12.2. The Kier molecular flexibility index (Phi) is 5.45. The molecule has 0 saturated carbocycles. The summed E-state index contributed by atoms with van der Waals surface area (Å²) in [7, 11) is 0. The van der Waals surface area contributed by atoms with Gasteiger partial charge in [0, 0.05) is 6.54 Å². The average molecular weight is 249 g/mol. The lowest BCUT2D eigenvalue weighted by atomic mass is 9.87. The quantitative estimate of drug-likeness (QED) is 0.718. The van der Waals surface area contributed by atoms with Crippen molar-refractivity contribution in [2.75, 3.05) is 17.6 Å². The zero-order valence-corrected chi connectivity index (χ0v) is 12.2. The van der Waals surface area contributed by atoms with Gasteiger partial charge in [-0.1, -0.05) is 40.0 Å². The fourth-order valence-electron chi connectivity index (χ4n) is 1.94. The predicted molar refractivity (Wildman–Crippen MR) is 79.8 cm³/mol. The first-order valence-electron chi connectivity index (χ1n) is 6.91. The maximum atomic E-state index is 5.76. The van der Waals surface area contributed by atoms with E-state index in [-0.39, 0.29) is 0 Å². The van der Waals surface area contributed by atoms with E-state index in [2.05, 4.69) is 31.1 Å². The number of nitrogens with one attached hydrogen (secondary N) is 1. The molecule has 3 nitrogen and oxygen atoms in total. The van der Waals surface area contributed by atoms with E-state index in [4.69, 9.17) is 5.73 Å². The Morgan fingerprint density at radius 2 is 2.00 bits per heavy atom. The van der Waals surface area contributed by atoms with E-state index in [0.29, 0.717) is 5.41 Å². The van der Waals surface area contributed by atoms with Crippen molar-refractivity contribution in [3.63, 3.8) is 0 Å². The van der Waals surface area contributed by atoms with Crippen molar-refractivity contribution in [2.24, 2.45) is 5.41 Å². The summed E-state index contributed by atoms with van der Waals surface area (Å²) in [5, 5.41) is 3.41. The SMILES string of the molecule is CCCCCC(C)(C)CNc1ccc(N)c(C)n1. The Balaban J connectivity index is 2.45. The smallest absolute Gasteiger partial charge is 0.126 e. The van der Waals surface area contributed by atoms with Crippen LogP contribution in [0.2, 0.25) is 0 Å². The second-order valence-corrected chi connectivity index (χ2v) is 5.85. The first-order chi connectivity index (χ1) is 8.44. The second kappa shape index (κ2) is 6.62. The number of unbranched alkanes of at least 4 members (excludes halogenated alkanes) is 2. The van der Waals surface area contributed by atoms with Crippen LogP contribution in [0.1, 0.15) is 52.1 Å². The van der Waals surface area contributed by atoms with E-state index < -0.39 is 0 Å². The van der Waals surface area contributed by atoms with Gasteiger partial charge in [0.15, 0.2) is 0 Å². The number of anilines is 2. The summed E-state index contributed by atoms with van der Waals surface area (Å²) < 4.78 is 0. The molecule has 18 heavy (non-hydrogen) atoms. The van der Waals surface area contributed by atoms with Gasteiger partial charge in [-0.25, -0.2) is 4.98 Å². The van der Waals surface area contributed by atoms with Gasteiger partial charge in [-0.05, 0) is 30.9 Å². The average Bonchev–Trinajstić information content (AvgIpc) is 2.31. The van der Waals surface area contributed by atoms with Crippen LogP contribution in [0.25, 0.3) is 0 Å². The molecular weight excluding hydrogens is 222 g/mol. The molecule has 102 valence electrons. The van der Waals surface area contributed by atoms with Gasteiger partial charge in [0.2, 0.25) is 0 Å². The van der Waals surface area contributed by atoms with Crippen molar-refractivity contribution < 1.29 is 0 Å². The van der Waals surface area contributed by atoms with E-state index in [1.807, 2.05) is 19.1 Å². The minimum atomic E-state index is 0.312. The largest absolute Gasteiger partial charge is 0.397 e. The first kappa shape index (κ1) is 14.8. The molecule has 0 aliphatic rings. The molecule has 0 bridgehead atoms. The Hall–Kier alpha value is -1.25. The van der Waals surface area contributed by atoms with Crippen LogP contribution >= 0.6 is 0 Å². The lowest BCUT2D eigenvalue weighted by Crippen LogP contribution is -2.23. The summed E-state index contributed by atoms with van der Waals surface area (Å²) >= 11 is 0. The van der Waals surface area contributed by atoms with Gasteiger partial charge in [-0.2, -0.15) is 0 Å². The van der Waals surface area contributed by atoms with E-state index >= 15 is 0 Å². The van der Waals surface area contributed by atoms with Crippen molar-refractivity contribution in [3.8, 4) is 0 Å². The summed E-state index contributed by atoms with van der Waals surface area (Å²) in [5.41, 5.74) is 7.72. The number of nitrogens with two attached hydrogens (primary N) is 1. The van der Waals surface area contributed by atoms with Gasteiger partial charge >= 0.3 is 0 Å². The molecule has 1 aromatic heterocycles. The lowest BCUT2D eigenvalue weighted by molar-refractivity contribution is 0.342. The molecule has 1 rings (SSSR count). The molecular formula is C15H27N3. The number of hydrogen-bond donors (Lipinski definition) is 2. The van der Waals surface area contributed by atoms with Crippen LogP contribution in [0.5, 0.6) is 0 Å². The van der Waals surface area contributed by atoms with Crippen LogP contribution < -0.4 is 11.1 Å². The van der Waals surface area contributed by atoms with Gasteiger partial charge in [-0.15, -0.1) is 0 Å².